The molecule has 0 heterocycles. The highest BCUT2D eigenvalue weighted by Gasteiger charge is 2.17. The van der Waals surface area contributed by atoms with Crippen LogP contribution >= 0.6 is 15.9 Å². The molecular weight excluding hydrogens is 296 g/mol. The van der Waals surface area contributed by atoms with Gasteiger partial charge in [-0.3, -0.25) is 4.79 Å². The molecule has 0 radical (unpaired) electrons. The van der Waals surface area contributed by atoms with Crippen LogP contribution in [0.1, 0.15) is 5.56 Å². The molecule has 1 unspecified atom stereocenters. The monoisotopic (exact) mass is 314 g/mol. The van der Waals surface area contributed by atoms with Crippen molar-refractivity contribution in [3.05, 3.63) is 34.3 Å². The first-order valence-corrected chi connectivity index (χ1v) is 6.58. The lowest BCUT2D eigenvalue weighted by atomic mass is 10.1. The van der Waals surface area contributed by atoms with Crippen LogP contribution in [0.3, 0.4) is 0 Å². The molecule has 0 aliphatic heterocycles. The van der Waals surface area contributed by atoms with Gasteiger partial charge in [0, 0.05) is 25.2 Å². The van der Waals surface area contributed by atoms with Crippen LogP contribution in [0.2, 0.25) is 0 Å². The molecule has 0 saturated heterocycles. The van der Waals surface area contributed by atoms with Crippen LogP contribution in [-0.2, 0) is 16.0 Å². The number of methoxy groups -OCH3 is 1. The van der Waals surface area contributed by atoms with E-state index in [1.54, 1.807) is 11.9 Å². The summed E-state index contributed by atoms with van der Waals surface area (Å²) in [7, 11) is 3.30. The highest BCUT2D eigenvalue weighted by molar-refractivity contribution is 9.10. The first-order chi connectivity index (χ1) is 8.54. The lowest BCUT2D eigenvalue weighted by Gasteiger charge is -2.20. The number of nitrogens with zero attached hydrogens (tertiary/aromatic N) is 1. The summed E-state index contributed by atoms with van der Waals surface area (Å²) < 4.78 is 5.93. The van der Waals surface area contributed by atoms with Crippen LogP contribution in [0.25, 0.3) is 0 Å². The second-order valence-electron chi connectivity index (χ2n) is 4.20. The van der Waals surface area contributed by atoms with E-state index in [0.29, 0.717) is 6.54 Å². The number of ether oxygens (including phenoxy) is 1. The Morgan fingerprint density at radius 1 is 1.44 bits per heavy atom. The van der Waals surface area contributed by atoms with Crippen LogP contribution in [0.5, 0.6) is 0 Å². The molecule has 2 N–H and O–H groups in total. The molecule has 1 amide bonds. The Labute approximate surface area is 116 Å². The molecule has 5 heteroatoms. The van der Waals surface area contributed by atoms with Crippen molar-refractivity contribution in [1.29, 1.82) is 0 Å². The molecule has 4 nitrogen and oxygen atoms in total. The molecule has 0 fully saturated rings. The van der Waals surface area contributed by atoms with Crippen molar-refractivity contribution in [3.8, 4) is 0 Å². The standard InChI is InChI=1S/C13H19BrN2O2/c1-16(13(17)12(15)9-18-2)8-7-10-3-5-11(14)6-4-10/h3-6,12H,7-9,15H2,1-2H3. The largest absolute Gasteiger partial charge is 0.383 e. The number of hydrogen-bond acceptors (Lipinski definition) is 3. The summed E-state index contributed by atoms with van der Waals surface area (Å²) in [6.45, 7) is 0.902. The Bertz CT molecular complexity index is 381. The normalized spacial score (nSPS) is 12.2. The Kier molecular flexibility index (Phi) is 6.32. The molecule has 100 valence electrons. The zero-order chi connectivity index (χ0) is 13.5. The molecule has 1 aromatic rings. The van der Waals surface area contributed by atoms with Gasteiger partial charge >= 0.3 is 0 Å². The SMILES string of the molecule is COCC(N)C(=O)N(C)CCc1ccc(Br)cc1. The average Bonchev–Trinajstić information content (AvgIpc) is 2.37. The lowest BCUT2D eigenvalue weighted by molar-refractivity contribution is -0.132. The average molecular weight is 315 g/mol. The van der Waals surface area contributed by atoms with E-state index >= 15 is 0 Å². The van der Waals surface area contributed by atoms with Gasteiger partial charge in [0.25, 0.3) is 0 Å². The van der Waals surface area contributed by atoms with E-state index in [-0.39, 0.29) is 12.5 Å². The highest BCUT2D eigenvalue weighted by Crippen LogP contribution is 2.11. The third kappa shape index (κ3) is 4.76. The van der Waals surface area contributed by atoms with Crippen molar-refractivity contribution >= 4 is 21.8 Å². The maximum absolute atomic E-state index is 11.8. The molecule has 1 rings (SSSR count). The van der Waals surface area contributed by atoms with E-state index in [0.717, 1.165) is 10.9 Å². The van der Waals surface area contributed by atoms with Crippen molar-refractivity contribution in [1.82, 2.24) is 4.90 Å². The van der Waals surface area contributed by atoms with Gasteiger partial charge in [0.15, 0.2) is 0 Å². The summed E-state index contributed by atoms with van der Waals surface area (Å²) in [5.74, 6) is -0.0889. The maximum atomic E-state index is 11.8. The second-order valence-corrected chi connectivity index (χ2v) is 5.11. The number of hydrogen-bond donors (Lipinski definition) is 1. The van der Waals surface area contributed by atoms with Crippen molar-refractivity contribution < 1.29 is 9.53 Å². The van der Waals surface area contributed by atoms with E-state index in [4.69, 9.17) is 10.5 Å². The highest BCUT2D eigenvalue weighted by atomic mass is 79.9. The van der Waals surface area contributed by atoms with E-state index in [2.05, 4.69) is 15.9 Å². The topological polar surface area (TPSA) is 55.6 Å². The van der Waals surface area contributed by atoms with Crippen LogP contribution in [0.4, 0.5) is 0 Å². The number of carbonyl (C=O) groups excluding carboxylic acids is 1. The van der Waals surface area contributed by atoms with Gasteiger partial charge in [0.1, 0.15) is 6.04 Å². The number of halogens is 1. The van der Waals surface area contributed by atoms with Crippen LogP contribution in [0.15, 0.2) is 28.7 Å². The van der Waals surface area contributed by atoms with Crippen molar-refractivity contribution in [2.75, 3.05) is 27.3 Å². The van der Waals surface area contributed by atoms with E-state index < -0.39 is 6.04 Å². The molecule has 0 aromatic heterocycles. The Morgan fingerprint density at radius 2 is 2.06 bits per heavy atom. The number of rotatable bonds is 6. The van der Waals surface area contributed by atoms with E-state index in [1.807, 2.05) is 24.3 Å². The minimum Gasteiger partial charge on any atom is -0.383 e. The number of amides is 1. The molecular formula is C13H19BrN2O2. The van der Waals surface area contributed by atoms with Crippen molar-refractivity contribution in [2.24, 2.45) is 5.73 Å². The van der Waals surface area contributed by atoms with Gasteiger partial charge in [-0.1, -0.05) is 28.1 Å². The number of benzene rings is 1. The van der Waals surface area contributed by atoms with Crippen molar-refractivity contribution in [3.63, 3.8) is 0 Å². The zero-order valence-corrected chi connectivity index (χ0v) is 12.3. The zero-order valence-electron chi connectivity index (χ0n) is 10.7. The van der Waals surface area contributed by atoms with Gasteiger partial charge < -0.3 is 15.4 Å². The summed E-state index contributed by atoms with van der Waals surface area (Å²) in [6, 6.07) is 7.49. The van der Waals surface area contributed by atoms with Crippen LogP contribution < -0.4 is 5.73 Å². The maximum Gasteiger partial charge on any atom is 0.241 e. The molecule has 1 atom stereocenters. The van der Waals surface area contributed by atoms with Crippen LogP contribution in [-0.4, -0.2) is 44.2 Å². The van der Waals surface area contributed by atoms with Gasteiger partial charge in [0.2, 0.25) is 5.91 Å². The molecule has 0 bridgehead atoms. The third-order valence-electron chi connectivity index (χ3n) is 2.69. The fourth-order valence-electron chi connectivity index (χ4n) is 1.59. The smallest absolute Gasteiger partial charge is 0.241 e. The van der Waals surface area contributed by atoms with Gasteiger partial charge in [-0.25, -0.2) is 0 Å². The molecule has 0 aliphatic rings. The predicted molar refractivity (Wildman–Crippen MR) is 75.3 cm³/mol. The first-order valence-electron chi connectivity index (χ1n) is 5.78. The number of likely N-dealkylation sites (N-methyl/N-ethyl adjacent to an activating group) is 1. The lowest BCUT2D eigenvalue weighted by Crippen LogP contribution is -2.45. The minimum absolute atomic E-state index is 0.0889. The summed E-state index contributed by atoms with van der Waals surface area (Å²) in [4.78, 5) is 13.5. The minimum atomic E-state index is -0.579. The Balaban J connectivity index is 2.43. The molecule has 1 aromatic carbocycles. The van der Waals surface area contributed by atoms with E-state index in [9.17, 15) is 4.79 Å². The molecule has 18 heavy (non-hydrogen) atoms. The molecule has 0 saturated carbocycles. The Hall–Kier alpha value is -0.910. The second kappa shape index (κ2) is 7.51. The van der Waals surface area contributed by atoms with Gasteiger partial charge in [-0.05, 0) is 24.1 Å². The van der Waals surface area contributed by atoms with Crippen LogP contribution in [0, 0.1) is 0 Å². The number of nitrogens with two attached hydrogens (primary N) is 1. The van der Waals surface area contributed by atoms with Gasteiger partial charge in [-0.2, -0.15) is 0 Å². The van der Waals surface area contributed by atoms with Crippen molar-refractivity contribution in [2.45, 2.75) is 12.5 Å². The Morgan fingerprint density at radius 3 is 2.61 bits per heavy atom. The summed E-state index contributed by atoms with van der Waals surface area (Å²) >= 11 is 3.39. The van der Waals surface area contributed by atoms with Gasteiger partial charge in [0.05, 0.1) is 6.61 Å². The fraction of sp³-hybridized carbons (Fsp3) is 0.462. The summed E-state index contributed by atoms with van der Waals surface area (Å²) in [5.41, 5.74) is 6.89. The summed E-state index contributed by atoms with van der Waals surface area (Å²) in [6.07, 6.45) is 0.815. The van der Waals surface area contributed by atoms with E-state index in [1.165, 1.54) is 12.7 Å². The molecule has 0 aliphatic carbocycles. The molecule has 0 spiro atoms. The fourth-order valence-corrected chi connectivity index (χ4v) is 1.86. The predicted octanol–water partition coefficient (Wildman–Crippen LogP) is 1.42. The third-order valence-corrected chi connectivity index (χ3v) is 3.22. The summed E-state index contributed by atoms with van der Waals surface area (Å²) in [5, 5.41) is 0. The number of carbonyl (C=O) groups is 1. The first kappa shape index (κ1) is 15.1. The quantitative estimate of drug-likeness (QED) is 0.864. The van der Waals surface area contributed by atoms with Gasteiger partial charge in [-0.15, -0.1) is 0 Å².